The molecule has 0 aliphatic rings. The Morgan fingerprint density at radius 2 is 1.89 bits per heavy atom. The van der Waals surface area contributed by atoms with E-state index in [0.29, 0.717) is 10.0 Å². The fourth-order valence-corrected chi connectivity index (χ4v) is 1.92. The standard InChI is InChI=1S/C12H16BrNO3.ClH/c1-12(2,3)10(14)7-4-6(11(16)17)5-8(13)9(7)15;/h4-5,10,15H,14H2,1-3H3,(H,16,17);1H/t10-;/m0./s1. The number of carbonyl (C=O) groups is 1. The third kappa shape index (κ3) is 3.60. The number of halogens is 2. The Morgan fingerprint density at radius 3 is 2.28 bits per heavy atom. The predicted octanol–water partition coefficient (Wildman–Crippen LogP) is 3.32. The molecule has 0 aromatic heterocycles. The molecule has 1 aromatic rings. The molecule has 6 heteroatoms. The van der Waals surface area contributed by atoms with Crippen LogP contribution in [0.4, 0.5) is 0 Å². The number of phenolic OH excluding ortho intramolecular Hbond substituents is 1. The van der Waals surface area contributed by atoms with Crippen molar-refractivity contribution in [2.24, 2.45) is 11.1 Å². The van der Waals surface area contributed by atoms with Gasteiger partial charge in [0.2, 0.25) is 0 Å². The second-order valence-corrected chi connectivity index (χ2v) is 5.90. The molecule has 0 saturated heterocycles. The van der Waals surface area contributed by atoms with Crippen molar-refractivity contribution in [1.29, 1.82) is 0 Å². The van der Waals surface area contributed by atoms with Gasteiger partial charge in [-0.05, 0) is 33.5 Å². The highest BCUT2D eigenvalue weighted by Crippen LogP contribution is 2.39. The van der Waals surface area contributed by atoms with Crippen molar-refractivity contribution < 1.29 is 15.0 Å². The SMILES string of the molecule is CC(C)(C)[C@@H](N)c1cc(C(=O)O)cc(Br)c1O.Cl. The van der Waals surface area contributed by atoms with Crippen LogP contribution in [0.1, 0.15) is 42.7 Å². The number of carboxylic acid groups (broad SMARTS) is 1. The van der Waals surface area contributed by atoms with Crippen LogP contribution in [0, 0.1) is 5.41 Å². The van der Waals surface area contributed by atoms with Crippen LogP contribution in [0.5, 0.6) is 5.75 Å². The van der Waals surface area contributed by atoms with Gasteiger partial charge in [0.25, 0.3) is 0 Å². The molecule has 0 spiro atoms. The van der Waals surface area contributed by atoms with Crippen LogP contribution < -0.4 is 5.73 Å². The lowest BCUT2D eigenvalue weighted by Gasteiger charge is -2.28. The van der Waals surface area contributed by atoms with E-state index in [1.807, 2.05) is 20.8 Å². The molecule has 102 valence electrons. The number of carboxylic acids is 1. The summed E-state index contributed by atoms with van der Waals surface area (Å²) in [6.45, 7) is 5.79. The van der Waals surface area contributed by atoms with Crippen molar-refractivity contribution >= 4 is 34.3 Å². The van der Waals surface area contributed by atoms with Gasteiger partial charge in [0, 0.05) is 11.6 Å². The first kappa shape index (κ1) is 17.2. The number of hydrogen-bond acceptors (Lipinski definition) is 3. The number of hydrogen-bond donors (Lipinski definition) is 3. The molecule has 0 saturated carbocycles. The summed E-state index contributed by atoms with van der Waals surface area (Å²) in [7, 11) is 0. The first-order valence-electron chi connectivity index (χ1n) is 5.16. The number of phenols is 1. The molecule has 0 amide bonds. The molecule has 1 atom stereocenters. The van der Waals surface area contributed by atoms with Gasteiger partial charge in [0.05, 0.1) is 10.0 Å². The van der Waals surface area contributed by atoms with Gasteiger partial charge >= 0.3 is 5.97 Å². The van der Waals surface area contributed by atoms with Gasteiger partial charge in [-0.25, -0.2) is 4.79 Å². The fourth-order valence-electron chi connectivity index (χ4n) is 1.45. The lowest BCUT2D eigenvalue weighted by Crippen LogP contribution is -2.26. The topological polar surface area (TPSA) is 83.6 Å². The molecule has 0 aliphatic carbocycles. The molecule has 0 unspecified atom stereocenters. The minimum Gasteiger partial charge on any atom is -0.506 e. The zero-order valence-corrected chi connectivity index (χ0v) is 12.8. The monoisotopic (exact) mass is 337 g/mol. The summed E-state index contributed by atoms with van der Waals surface area (Å²) in [5.41, 5.74) is 6.30. The van der Waals surface area contributed by atoms with E-state index in [1.54, 1.807) is 0 Å². The smallest absolute Gasteiger partial charge is 0.335 e. The molecule has 0 aliphatic heterocycles. The van der Waals surface area contributed by atoms with E-state index in [4.69, 9.17) is 10.8 Å². The van der Waals surface area contributed by atoms with Crippen molar-refractivity contribution in [3.05, 3.63) is 27.7 Å². The number of benzene rings is 1. The predicted molar refractivity (Wildman–Crippen MR) is 76.4 cm³/mol. The van der Waals surface area contributed by atoms with Crippen LogP contribution in [0.25, 0.3) is 0 Å². The van der Waals surface area contributed by atoms with Crippen molar-refractivity contribution in [2.75, 3.05) is 0 Å². The van der Waals surface area contributed by atoms with Crippen LogP contribution in [-0.4, -0.2) is 16.2 Å². The van der Waals surface area contributed by atoms with Crippen molar-refractivity contribution in [1.82, 2.24) is 0 Å². The van der Waals surface area contributed by atoms with Crippen LogP contribution in [0.15, 0.2) is 16.6 Å². The van der Waals surface area contributed by atoms with E-state index in [0.717, 1.165) is 0 Å². The molecular weight excluding hydrogens is 321 g/mol. The van der Waals surface area contributed by atoms with Crippen molar-refractivity contribution in [3.8, 4) is 5.75 Å². The molecular formula is C12H17BrClNO3. The quantitative estimate of drug-likeness (QED) is 0.772. The minimum absolute atomic E-state index is 0. The Labute approximate surface area is 121 Å². The molecule has 0 heterocycles. The largest absolute Gasteiger partial charge is 0.506 e. The average molecular weight is 339 g/mol. The van der Waals surface area contributed by atoms with Crippen LogP contribution in [0.2, 0.25) is 0 Å². The lowest BCUT2D eigenvalue weighted by molar-refractivity contribution is 0.0696. The zero-order valence-electron chi connectivity index (χ0n) is 10.4. The van der Waals surface area contributed by atoms with E-state index in [2.05, 4.69) is 15.9 Å². The molecule has 1 rings (SSSR count). The van der Waals surface area contributed by atoms with Crippen LogP contribution >= 0.6 is 28.3 Å². The normalized spacial score (nSPS) is 12.7. The number of nitrogens with two attached hydrogens (primary N) is 1. The van der Waals surface area contributed by atoms with Crippen molar-refractivity contribution in [2.45, 2.75) is 26.8 Å². The highest BCUT2D eigenvalue weighted by Gasteiger charge is 2.26. The Morgan fingerprint density at radius 1 is 1.39 bits per heavy atom. The molecule has 0 radical (unpaired) electrons. The Kier molecular flexibility index (Phi) is 5.65. The Balaban J connectivity index is 0.00000289. The molecule has 18 heavy (non-hydrogen) atoms. The fraction of sp³-hybridized carbons (Fsp3) is 0.417. The maximum atomic E-state index is 10.9. The summed E-state index contributed by atoms with van der Waals surface area (Å²) in [6.07, 6.45) is 0. The molecule has 0 bridgehead atoms. The number of rotatable bonds is 2. The molecule has 4 nitrogen and oxygen atoms in total. The van der Waals surface area contributed by atoms with Gasteiger partial charge in [0.1, 0.15) is 5.75 Å². The maximum Gasteiger partial charge on any atom is 0.335 e. The second-order valence-electron chi connectivity index (χ2n) is 5.04. The highest BCUT2D eigenvalue weighted by atomic mass is 79.9. The second kappa shape index (κ2) is 5.91. The first-order valence-corrected chi connectivity index (χ1v) is 5.95. The van der Waals surface area contributed by atoms with Crippen molar-refractivity contribution in [3.63, 3.8) is 0 Å². The maximum absolute atomic E-state index is 10.9. The number of aromatic hydroxyl groups is 1. The summed E-state index contributed by atoms with van der Waals surface area (Å²) >= 11 is 3.13. The van der Waals surface area contributed by atoms with E-state index < -0.39 is 12.0 Å². The van der Waals surface area contributed by atoms with E-state index in [-0.39, 0.29) is 29.1 Å². The third-order valence-corrected chi connectivity index (χ3v) is 3.21. The van der Waals surface area contributed by atoms with Gasteiger partial charge in [0.15, 0.2) is 0 Å². The van der Waals surface area contributed by atoms with E-state index in [9.17, 15) is 9.90 Å². The summed E-state index contributed by atoms with van der Waals surface area (Å²) in [4.78, 5) is 10.9. The summed E-state index contributed by atoms with van der Waals surface area (Å²) in [5.74, 6) is -1.05. The van der Waals surface area contributed by atoms with Gasteiger partial charge in [-0.1, -0.05) is 20.8 Å². The lowest BCUT2D eigenvalue weighted by atomic mass is 9.82. The third-order valence-electron chi connectivity index (χ3n) is 2.61. The summed E-state index contributed by atoms with van der Waals surface area (Å²) < 4.78 is 0.340. The zero-order chi connectivity index (χ0) is 13.4. The van der Waals surface area contributed by atoms with E-state index in [1.165, 1.54) is 12.1 Å². The van der Waals surface area contributed by atoms with Gasteiger partial charge in [-0.2, -0.15) is 0 Å². The average Bonchev–Trinajstić information content (AvgIpc) is 2.19. The van der Waals surface area contributed by atoms with E-state index >= 15 is 0 Å². The van der Waals surface area contributed by atoms with Gasteiger partial charge in [-0.15, -0.1) is 12.4 Å². The van der Waals surface area contributed by atoms with Gasteiger partial charge < -0.3 is 15.9 Å². The highest BCUT2D eigenvalue weighted by molar-refractivity contribution is 9.10. The Bertz CT molecular complexity index is 457. The molecule has 4 N–H and O–H groups in total. The summed E-state index contributed by atoms with van der Waals surface area (Å²) in [6, 6.07) is 2.33. The molecule has 1 aromatic carbocycles. The summed E-state index contributed by atoms with van der Waals surface area (Å²) in [5, 5.41) is 18.9. The minimum atomic E-state index is -1.05. The van der Waals surface area contributed by atoms with Gasteiger partial charge in [-0.3, -0.25) is 0 Å². The molecule has 0 fully saturated rings. The van der Waals surface area contributed by atoms with Crippen LogP contribution in [0.3, 0.4) is 0 Å². The van der Waals surface area contributed by atoms with Crippen LogP contribution in [-0.2, 0) is 0 Å². The first-order chi connectivity index (χ1) is 7.64. The Hall–Kier alpha value is -0.780. The number of aromatic carboxylic acids is 1.